The van der Waals surface area contributed by atoms with Crippen molar-refractivity contribution >= 4 is 17.7 Å². The molecule has 0 atom stereocenters. The van der Waals surface area contributed by atoms with Crippen LogP contribution in [0, 0.1) is 0 Å². The zero-order valence-electron chi connectivity index (χ0n) is 8.01. The van der Waals surface area contributed by atoms with Gasteiger partial charge in [0.25, 0.3) is 0 Å². The van der Waals surface area contributed by atoms with Crippen LogP contribution in [0.25, 0.3) is 0 Å². The number of nitrogens with one attached hydrogen (secondary N) is 1. The molecule has 0 aromatic rings. The van der Waals surface area contributed by atoms with Gasteiger partial charge in [-0.2, -0.15) is 0 Å². The van der Waals surface area contributed by atoms with E-state index in [0.29, 0.717) is 5.75 Å². The van der Waals surface area contributed by atoms with Crippen molar-refractivity contribution in [3.63, 3.8) is 0 Å². The lowest BCUT2D eigenvalue weighted by atomic mass is 9.94. The summed E-state index contributed by atoms with van der Waals surface area (Å²) in [4.78, 5) is 11.6. The predicted molar refractivity (Wildman–Crippen MR) is 54.2 cm³/mol. The summed E-state index contributed by atoms with van der Waals surface area (Å²) in [5.41, 5.74) is 3.04. The minimum atomic E-state index is 0.101. The molecule has 0 unspecified atom stereocenters. The zero-order valence-corrected chi connectivity index (χ0v) is 8.82. The molecule has 1 aliphatic carbocycles. The lowest BCUT2D eigenvalue weighted by Gasteiger charge is -2.39. The summed E-state index contributed by atoms with van der Waals surface area (Å²) in [5.74, 6) is 0.898. The van der Waals surface area contributed by atoms with E-state index >= 15 is 0 Å². The molecule has 1 heterocycles. The molecule has 2 fully saturated rings. The molecule has 0 aromatic carbocycles. The number of hydrogen-bond donors (Lipinski definition) is 1. The number of amides is 1. The minimum absolute atomic E-state index is 0.101. The molecule has 1 saturated heterocycles. The second kappa shape index (κ2) is 3.50. The monoisotopic (exact) mass is 200 g/mol. The van der Waals surface area contributed by atoms with Crippen molar-refractivity contribution in [1.82, 2.24) is 10.4 Å². The molecule has 1 N–H and O–H groups in total. The van der Waals surface area contributed by atoms with E-state index in [0.717, 1.165) is 12.8 Å². The van der Waals surface area contributed by atoms with Crippen LogP contribution in [0.4, 0.5) is 0 Å². The summed E-state index contributed by atoms with van der Waals surface area (Å²) in [7, 11) is 1.85. The molecule has 1 amide bonds. The molecule has 1 aliphatic heterocycles. The Morgan fingerprint density at radius 2 is 2.08 bits per heavy atom. The SMILES string of the molecule is CNN1C(=O)CSC12CCCCC2. The van der Waals surface area contributed by atoms with E-state index in [1.54, 1.807) is 0 Å². The molecular weight excluding hydrogens is 184 g/mol. The third-order valence-corrected chi connectivity index (χ3v) is 4.50. The molecule has 2 rings (SSSR count). The quantitative estimate of drug-likeness (QED) is 0.693. The smallest absolute Gasteiger partial charge is 0.248 e. The van der Waals surface area contributed by atoms with Crippen molar-refractivity contribution in [1.29, 1.82) is 0 Å². The molecule has 3 nitrogen and oxygen atoms in total. The van der Waals surface area contributed by atoms with Gasteiger partial charge in [0.2, 0.25) is 5.91 Å². The van der Waals surface area contributed by atoms with Crippen LogP contribution in [0.15, 0.2) is 0 Å². The maximum absolute atomic E-state index is 11.5. The minimum Gasteiger partial charge on any atom is -0.272 e. The molecule has 13 heavy (non-hydrogen) atoms. The topological polar surface area (TPSA) is 32.3 Å². The van der Waals surface area contributed by atoms with Gasteiger partial charge >= 0.3 is 0 Å². The molecule has 0 aromatic heterocycles. The third-order valence-electron chi connectivity index (χ3n) is 2.98. The van der Waals surface area contributed by atoms with Crippen molar-refractivity contribution < 1.29 is 4.79 Å². The van der Waals surface area contributed by atoms with Gasteiger partial charge in [-0.3, -0.25) is 9.80 Å². The number of hydrazine groups is 1. The molecule has 4 heteroatoms. The Labute approximate surface area is 83.2 Å². The van der Waals surface area contributed by atoms with Crippen molar-refractivity contribution in [3.05, 3.63) is 0 Å². The van der Waals surface area contributed by atoms with Crippen LogP contribution in [0.3, 0.4) is 0 Å². The van der Waals surface area contributed by atoms with Gasteiger partial charge < -0.3 is 0 Å². The molecule has 0 radical (unpaired) electrons. The standard InChI is InChI=1S/C9H16N2OS/c1-10-11-8(12)7-13-9(11)5-3-2-4-6-9/h10H,2-7H2,1H3. The summed E-state index contributed by atoms with van der Waals surface area (Å²) >= 11 is 1.82. The Balaban J connectivity index is 2.15. The molecule has 0 bridgehead atoms. The highest BCUT2D eigenvalue weighted by atomic mass is 32.2. The van der Waals surface area contributed by atoms with Gasteiger partial charge in [0, 0.05) is 7.05 Å². The van der Waals surface area contributed by atoms with E-state index in [1.807, 2.05) is 23.8 Å². The van der Waals surface area contributed by atoms with E-state index < -0.39 is 0 Å². The molecule has 74 valence electrons. The van der Waals surface area contributed by atoms with Gasteiger partial charge in [0.15, 0.2) is 0 Å². The maximum atomic E-state index is 11.5. The Morgan fingerprint density at radius 3 is 2.69 bits per heavy atom. The second-order valence-electron chi connectivity index (χ2n) is 3.75. The average Bonchev–Trinajstić information content (AvgIpc) is 2.45. The van der Waals surface area contributed by atoms with Crippen molar-refractivity contribution in [2.24, 2.45) is 0 Å². The van der Waals surface area contributed by atoms with Crippen LogP contribution in [0.2, 0.25) is 0 Å². The largest absolute Gasteiger partial charge is 0.272 e. The van der Waals surface area contributed by atoms with E-state index in [1.165, 1.54) is 19.3 Å². The highest BCUT2D eigenvalue weighted by Crippen LogP contribution is 2.45. The highest BCUT2D eigenvalue weighted by Gasteiger charge is 2.46. The van der Waals surface area contributed by atoms with Crippen LogP contribution >= 0.6 is 11.8 Å². The summed E-state index contributed by atoms with van der Waals surface area (Å²) in [5, 5.41) is 1.86. The summed E-state index contributed by atoms with van der Waals surface area (Å²) < 4.78 is 0. The van der Waals surface area contributed by atoms with Crippen LogP contribution in [0.1, 0.15) is 32.1 Å². The summed E-state index contributed by atoms with van der Waals surface area (Å²) in [6, 6.07) is 0. The van der Waals surface area contributed by atoms with Crippen LogP contribution in [-0.4, -0.2) is 28.6 Å². The first-order valence-corrected chi connectivity index (χ1v) is 5.91. The molecule has 1 spiro atoms. The second-order valence-corrected chi connectivity index (χ2v) is 5.09. The van der Waals surface area contributed by atoms with Gasteiger partial charge in [-0.1, -0.05) is 19.3 Å². The normalized spacial score (nSPS) is 27.2. The Bertz CT molecular complexity index is 214. The van der Waals surface area contributed by atoms with Crippen molar-refractivity contribution in [2.75, 3.05) is 12.8 Å². The molecule has 1 saturated carbocycles. The molecular formula is C9H16N2OS. The highest BCUT2D eigenvalue weighted by molar-refractivity contribution is 8.01. The van der Waals surface area contributed by atoms with Gasteiger partial charge in [-0.15, -0.1) is 11.8 Å². The lowest BCUT2D eigenvalue weighted by Crippen LogP contribution is -2.51. The fraction of sp³-hybridized carbons (Fsp3) is 0.889. The first-order valence-electron chi connectivity index (χ1n) is 4.93. The van der Waals surface area contributed by atoms with Gasteiger partial charge in [0.05, 0.1) is 5.75 Å². The summed E-state index contributed by atoms with van der Waals surface area (Å²) in [6.07, 6.45) is 6.17. The number of carbonyl (C=O) groups is 1. The van der Waals surface area contributed by atoms with Crippen LogP contribution in [0.5, 0.6) is 0 Å². The third kappa shape index (κ3) is 1.46. The lowest BCUT2D eigenvalue weighted by molar-refractivity contribution is -0.134. The van der Waals surface area contributed by atoms with E-state index in [4.69, 9.17) is 0 Å². The zero-order chi connectivity index (χ0) is 9.31. The number of carbonyl (C=O) groups excluding carboxylic acids is 1. The predicted octanol–water partition coefficient (Wildman–Crippen LogP) is 1.36. The number of hydrogen-bond acceptors (Lipinski definition) is 3. The molecule has 2 aliphatic rings. The van der Waals surface area contributed by atoms with E-state index in [2.05, 4.69) is 5.43 Å². The first kappa shape index (κ1) is 9.34. The van der Waals surface area contributed by atoms with E-state index in [9.17, 15) is 4.79 Å². The Kier molecular flexibility index (Phi) is 2.51. The average molecular weight is 200 g/mol. The van der Waals surface area contributed by atoms with Gasteiger partial charge in [-0.05, 0) is 12.8 Å². The number of rotatable bonds is 1. The van der Waals surface area contributed by atoms with Crippen LogP contribution in [-0.2, 0) is 4.79 Å². The first-order chi connectivity index (χ1) is 6.28. The number of nitrogens with zero attached hydrogens (tertiary/aromatic N) is 1. The van der Waals surface area contributed by atoms with Gasteiger partial charge in [0.1, 0.15) is 4.87 Å². The van der Waals surface area contributed by atoms with Crippen molar-refractivity contribution in [2.45, 2.75) is 37.0 Å². The van der Waals surface area contributed by atoms with E-state index in [-0.39, 0.29) is 10.8 Å². The number of thioether (sulfide) groups is 1. The fourth-order valence-electron chi connectivity index (χ4n) is 2.35. The van der Waals surface area contributed by atoms with Gasteiger partial charge in [-0.25, -0.2) is 5.43 Å². The maximum Gasteiger partial charge on any atom is 0.248 e. The Hall–Kier alpha value is -0.220. The van der Waals surface area contributed by atoms with Crippen molar-refractivity contribution in [3.8, 4) is 0 Å². The summed E-state index contributed by atoms with van der Waals surface area (Å²) in [6.45, 7) is 0. The Morgan fingerprint density at radius 1 is 1.38 bits per heavy atom. The fourth-order valence-corrected chi connectivity index (χ4v) is 3.77. The van der Waals surface area contributed by atoms with Crippen LogP contribution < -0.4 is 5.43 Å².